The van der Waals surface area contributed by atoms with Gasteiger partial charge in [-0.15, -0.1) is 0 Å². The summed E-state index contributed by atoms with van der Waals surface area (Å²) in [5, 5.41) is 21.0. The van der Waals surface area contributed by atoms with Crippen LogP contribution in [0, 0.1) is 24.0 Å². The Labute approximate surface area is 150 Å². The number of carbonyl (C=O) groups excluding carboxylic acids is 1. The second kappa shape index (κ2) is 6.63. The fourth-order valence-electron chi connectivity index (χ4n) is 3.41. The molecule has 0 radical (unpaired) electrons. The molecule has 0 saturated carbocycles. The van der Waals surface area contributed by atoms with Crippen LogP contribution in [0.5, 0.6) is 11.5 Å². The third kappa shape index (κ3) is 3.06. The maximum Gasteiger partial charge on any atom is 0.315 e. The van der Waals surface area contributed by atoms with Gasteiger partial charge in [-0.2, -0.15) is 0 Å². The number of ketones is 1. The predicted molar refractivity (Wildman–Crippen MR) is 97.9 cm³/mol. The van der Waals surface area contributed by atoms with E-state index in [9.17, 15) is 20.0 Å². The topological polar surface area (TPSA) is 89.7 Å². The molecule has 0 spiro atoms. The number of phenols is 1. The summed E-state index contributed by atoms with van der Waals surface area (Å²) in [6, 6.07) is 6.68. The van der Waals surface area contributed by atoms with Crippen LogP contribution in [0.1, 0.15) is 39.0 Å². The van der Waals surface area contributed by atoms with Crippen molar-refractivity contribution in [2.24, 2.45) is 0 Å². The number of methoxy groups -OCH3 is 1. The minimum atomic E-state index is -0.676. The van der Waals surface area contributed by atoms with E-state index in [4.69, 9.17) is 4.74 Å². The molecular formula is C20H19NO5. The van der Waals surface area contributed by atoms with Gasteiger partial charge in [0.2, 0.25) is 5.75 Å². The number of nitro benzene ring substituents is 1. The van der Waals surface area contributed by atoms with E-state index in [0.29, 0.717) is 23.1 Å². The van der Waals surface area contributed by atoms with E-state index in [1.165, 1.54) is 19.2 Å². The van der Waals surface area contributed by atoms with Gasteiger partial charge in [-0.25, -0.2) is 0 Å². The SMILES string of the molecule is COc1cc(C=C2CCc3c(C)cc(C)cc3C2=O)cc([N+](=O)[O-])c1O. The molecule has 0 aliphatic heterocycles. The van der Waals surface area contributed by atoms with Gasteiger partial charge in [-0.05, 0) is 61.6 Å². The van der Waals surface area contributed by atoms with E-state index >= 15 is 0 Å². The molecular weight excluding hydrogens is 334 g/mol. The smallest absolute Gasteiger partial charge is 0.315 e. The van der Waals surface area contributed by atoms with Crippen LogP contribution in [0.3, 0.4) is 0 Å². The standard InChI is InChI=1S/C20H19NO5/c1-11-6-12(2)15-5-4-14(19(22)16(15)7-11)8-13-9-17(21(24)25)20(23)18(10-13)26-3/h6-10,23H,4-5H2,1-3H3. The molecule has 1 N–H and O–H groups in total. The first-order valence-electron chi connectivity index (χ1n) is 8.22. The van der Waals surface area contributed by atoms with Crippen molar-refractivity contribution < 1.29 is 19.6 Å². The normalized spacial score (nSPS) is 15.0. The Morgan fingerprint density at radius 3 is 2.58 bits per heavy atom. The highest BCUT2D eigenvalue weighted by molar-refractivity contribution is 6.13. The molecule has 134 valence electrons. The molecule has 2 aromatic carbocycles. The Balaban J connectivity index is 2.07. The van der Waals surface area contributed by atoms with Gasteiger partial charge in [0.05, 0.1) is 12.0 Å². The summed E-state index contributed by atoms with van der Waals surface area (Å²) in [6.07, 6.45) is 2.95. The number of ether oxygens (including phenoxy) is 1. The maximum absolute atomic E-state index is 12.9. The first-order valence-corrected chi connectivity index (χ1v) is 8.22. The lowest BCUT2D eigenvalue weighted by molar-refractivity contribution is -0.386. The fourth-order valence-corrected chi connectivity index (χ4v) is 3.41. The number of Topliss-reactive ketones (excluding diaryl/α,β-unsaturated/α-hetero) is 1. The number of hydrogen-bond acceptors (Lipinski definition) is 5. The molecule has 0 saturated heterocycles. The summed E-state index contributed by atoms with van der Waals surface area (Å²) in [5.41, 5.74) is 4.47. The quantitative estimate of drug-likeness (QED) is 0.509. The molecule has 3 rings (SSSR count). The third-order valence-corrected chi connectivity index (χ3v) is 4.63. The minimum absolute atomic E-state index is 0.00129. The Morgan fingerprint density at radius 1 is 1.19 bits per heavy atom. The monoisotopic (exact) mass is 353 g/mol. The number of rotatable bonds is 3. The molecule has 1 aliphatic rings. The fraction of sp³-hybridized carbons (Fsp3) is 0.250. The van der Waals surface area contributed by atoms with Crippen molar-refractivity contribution in [3.8, 4) is 11.5 Å². The van der Waals surface area contributed by atoms with E-state index in [1.807, 2.05) is 19.9 Å². The van der Waals surface area contributed by atoms with Crippen LogP contribution < -0.4 is 4.74 Å². The van der Waals surface area contributed by atoms with Crippen LogP contribution in [0.4, 0.5) is 5.69 Å². The average molecular weight is 353 g/mol. The summed E-state index contributed by atoms with van der Waals surface area (Å²) in [6.45, 7) is 3.95. The third-order valence-electron chi connectivity index (χ3n) is 4.63. The predicted octanol–water partition coefficient (Wildman–Crippen LogP) is 4.14. The molecule has 0 heterocycles. The summed E-state index contributed by atoms with van der Waals surface area (Å²) in [5.74, 6) is -0.583. The molecule has 1 aliphatic carbocycles. The van der Waals surface area contributed by atoms with Crippen LogP contribution in [-0.4, -0.2) is 22.9 Å². The number of nitro groups is 1. The van der Waals surface area contributed by atoms with Gasteiger partial charge >= 0.3 is 5.69 Å². The number of hydrogen-bond donors (Lipinski definition) is 1. The molecule has 26 heavy (non-hydrogen) atoms. The van der Waals surface area contributed by atoms with Gasteiger partial charge in [0, 0.05) is 17.2 Å². The lowest BCUT2D eigenvalue weighted by Crippen LogP contribution is -2.15. The van der Waals surface area contributed by atoms with E-state index in [-0.39, 0.29) is 11.5 Å². The van der Waals surface area contributed by atoms with Crippen molar-refractivity contribution in [1.29, 1.82) is 0 Å². The summed E-state index contributed by atoms with van der Waals surface area (Å²) in [7, 11) is 1.32. The van der Waals surface area contributed by atoms with Gasteiger partial charge in [0.25, 0.3) is 0 Å². The van der Waals surface area contributed by atoms with Crippen molar-refractivity contribution in [3.05, 3.63) is 67.8 Å². The van der Waals surface area contributed by atoms with Crippen molar-refractivity contribution >= 4 is 17.5 Å². The zero-order chi connectivity index (χ0) is 19.0. The summed E-state index contributed by atoms with van der Waals surface area (Å²) >= 11 is 0. The Morgan fingerprint density at radius 2 is 1.92 bits per heavy atom. The van der Waals surface area contributed by atoms with Crippen LogP contribution >= 0.6 is 0 Å². The average Bonchev–Trinajstić information content (AvgIpc) is 2.58. The lowest BCUT2D eigenvalue weighted by atomic mass is 9.83. The zero-order valence-corrected chi connectivity index (χ0v) is 14.8. The van der Waals surface area contributed by atoms with Crippen LogP contribution in [0.15, 0.2) is 29.8 Å². The number of allylic oxidation sites excluding steroid dienone is 1. The molecule has 6 heteroatoms. The zero-order valence-electron chi connectivity index (χ0n) is 14.8. The van der Waals surface area contributed by atoms with Gasteiger partial charge in [-0.1, -0.05) is 11.6 Å². The van der Waals surface area contributed by atoms with Crippen molar-refractivity contribution in [2.45, 2.75) is 26.7 Å². The second-order valence-corrected chi connectivity index (χ2v) is 6.45. The highest BCUT2D eigenvalue weighted by Gasteiger charge is 2.25. The van der Waals surface area contributed by atoms with Gasteiger partial charge in [-0.3, -0.25) is 14.9 Å². The maximum atomic E-state index is 12.9. The second-order valence-electron chi connectivity index (χ2n) is 6.45. The Kier molecular flexibility index (Phi) is 4.50. The summed E-state index contributed by atoms with van der Waals surface area (Å²) in [4.78, 5) is 23.3. The molecule has 2 aromatic rings. The highest BCUT2D eigenvalue weighted by atomic mass is 16.6. The molecule has 0 atom stereocenters. The lowest BCUT2D eigenvalue weighted by Gasteiger charge is -2.20. The number of aryl methyl sites for hydroxylation is 2. The Bertz CT molecular complexity index is 959. The van der Waals surface area contributed by atoms with Crippen LogP contribution in [0.2, 0.25) is 0 Å². The number of aromatic hydroxyl groups is 1. The van der Waals surface area contributed by atoms with Crippen molar-refractivity contribution in [3.63, 3.8) is 0 Å². The van der Waals surface area contributed by atoms with Gasteiger partial charge < -0.3 is 9.84 Å². The Hall–Kier alpha value is -3.15. The van der Waals surface area contributed by atoms with E-state index in [2.05, 4.69) is 6.07 Å². The van der Waals surface area contributed by atoms with Gasteiger partial charge in [0.15, 0.2) is 11.5 Å². The van der Waals surface area contributed by atoms with E-state index in [1.54, 1.807) is 6.08 Å². The summed E-state index contributed by atoms with van der Waals surface area (Å²) < 4.78 is 5.01. The van der Waals surface area contributed by atoms with Gasteiger partial charge in [0.1, 0.15) is 0 Å². The van der Waals surface area contributed by atoms with Crippen LogP contribution in [-0.2, 0) is 6.42 Å². The molecule has 0 fully saturated rings. The molecule has 0 unspecified atom stereocenters. The number of fused-ring (bicyclic) bond motifs is 1. The van der Waals surface area contributed by atoms with Crippen molar-refractivity contribution in [2.75, 3.05) is 7.11 Å². The number of benzene rings is 2. The molecule has 6 nitrogen and oxygen atoms in total. The van der Waals surface area contributed by atoms with E-state index in [0.717, 1.165) is 23.1 Å². The molecule has 0 amide bonds. The first-order chi connectivity index (χ1) is 12.3. The number of nitrogens with zero attached hydrogens (tertiary/aromatic N) is 1. The number of phenolic OH excluding ortho intramolecular Hbond substituents is 1. The minimum Gasteiger partial charge on any atom is -0.500 e. The molecule has 0 bridgehead atoms. The van der Waals surface area contributed by atoms with Crippen molar-refractivity contribution in [1.82, 2.24) is 0 Å². The largest absolute Gasteiger partial charge is 0.500 e. The highest BCUT2D eigenvalue weighted by Crippen LogP contribution is 2.38. The van der Waals surface area contributed by atoms with Crippen LogP contribution in [0.25, 0.3) is 6.08 Å². The van der Waals surface area contributed by atoms with E-state index < -0.39 is 16.4 Å². The first kappa shape index (κ1) is 17.7. The number of carbonyl (C=O) groups is 1. The molecule has 0 aromatic heterocycles.